The number of aliphatic hydroxyl groups excluding tert-OH is 1. The van der Waals surface area contributed by atoms with Gasteiger partial charge in [0.1, 0.15) is 11.5 Å². The fourth-order valence-electron chi connectivity index (χ4n) is 5.91. The summed E-state index contributed by atoms with van der Waals surface area (Å²) in [6.45, 7) is 7.54. The molecule has 3 aliphatic heterocycles. The molecule has 1 aromatic carbocycles. The standard InChI is InChI=1S/C29H38N6O3/c1-3-6-27-31-24(17-28(32-27)30-23-10-14-33(15-11-23)20(2)36)29(38)35-16-12-25(26(37)19-35)34-13-9-21-7-4-5-8-22(21)18-34/h3-8,17,23,25-26,37H,9-16,18-19H2,1-2H3,(H,30,31,32)/b6-3+/t25-,26-/m1/s1. The molecule has 38 heavy (non-hydrogen) atoms. The van der Waals surface area contributed by atoms with Crippen molar-refractivity contribution in [2.75, 3.05) is 38.0 Å². The Morgan fingerprint density at radius 3 is 2.47 bits per heavy atom. The predicted molar refractivity (Wildman–Crippen MR) is 147 cm³/mol. The maximum absolute atomic E-state index is 13.5. The first-order valence-corrected chi connectivity index (χ1v) is 13.7. The number of allylic oxidation sites excluding steroid dienone is 1. The number of likely N-dealkylation sites (tertiary alicyclic amines) is 2. The molecule has 4 heterocycles. The van der Waals surface area contributed by atoms with Gasteiger partial charge in [0.05, 0.1) is 6.10 Å². The quantitative estimate of drug-likeness (QED) is 0.627. The summed E-state index contributed by atoms with van der Waals surface area (Å²) in [6.07, 6.45) is 6.39. The number of rotatable bonds is 5. The summed E-state index contributed by atoms with van der Waals surface area (Å²) in [7, 11) is 0. The largest absolute Gasteiger partial charge is 0.390 e. The van der Waals surface area contributed by atoms with Gasteiger partial charge >= 0.3 is 0 Å². The van der Waals surface area contributed by atoms with Crippen molar-refractivity contribution in [3.05, 3.63) is 59.1 Å². The maximum atomic E-state index is 13.5. The number of amides is 2. The fourth-order valence-corrected chi connectivity index (χ4v) is 5.91. The van der Waals surface area contributed by atoms with Gasteiger partial charge in [0.2, 0.25) is 5.91 Å². The molecule has 0 spiro atoms. The molecule has 1 aromatic heterocycles. The van der Waals surface area contributed by atoms with Crippen molar-refractivity contribution in [3.8, 4) is 0 Å². The molecule has 0 unspecified atom stereocenters. The molecule has 2 fully saturated rings. The molecular weight excluding hydrogens is 480 g/mol. The summed E-state index contributed by atoms with van der Waals surface area (Å²) in [5.41, 5.74) is 3.05. The Morgan fingerprint density at radius 2 is 1.76 bits per heavy atom. The second-order valence-corrected chi connectivity index (χ2v) is 10.6. The van der Waals surface area contributed by atoms with Crippen LogP contribution < -0.4 is 5.32 Å². The minimum Gasteiger partial charge on any atom is -0.390 e. The SMILES string of the molecule is C/C=C/c1nc(NC2CCN(C(C)=O)CC2)cc(C(=O)N2CC[C@@H](N3CCc4ccccc4C3)[C@H](O)C2)n1. The minimum atomic E-state index is -0.612. The van der Waals surface area contributed by atoms with E-state index >= 15 is 0 Å². The number of aliphatic hydroxyl groups is 1. The summed E-state index contributed by atoms with van der Waals surface area (Å²) in [5.74, 6) is 1.00. The first-order valence-electron chi connectivity index (χ1n) is 13.7. The number of fused-ring (bicyclic) bond motifs is 1. The van der Waals surface area contributed by atoms with Gasteiger partial charge < -0.3 is 20.2 Å². The average molecular weight is 519 g/mol. The number of hydrogen-bond acceptors (Lipinski definition) is 7. The zero-order valence-corrected chi connectivity index (χ0v) is 22.3. The van der Waals surface area contributed by atoms with Crippen LogP contribution in [0.1, 0.15) is 60.5 Å². The number of carbonyl (C=O) groups is 2. The highest BCUT2D eigenvalue weighted by atomic mass is 16.3. The number of aromatic nitrogens is 2. The van der Waals surface area contributed by atoms with Crippen molar-refractivity contribution in [1.29, 1.82) is 0 Å². The molecular formula is C29H38N6O3. The third-order valence-electron chi connectivity index (χ3n) is 8.03. The van der Waals surface area contributed by atoms with E-state index in [-0.39, 0.29) is 30.4 Å². The van der Waals surface area contributed by atoms with Gasteiger partial charge in [-0.05, 0) is 49.8 Å². The Kier molecular flexibility index (Phi) is 8.04. The van der Waals surface area contributed by atoms with Gasteiger partial charge in [-0.25, -0.2) is 9.97 Å². The van der Waals surface area contributed by atoms with E-state index in [0.717, 1.165) is 38.8 Å². The molecule has 5 rings (SSSR count). The number of anilines is 1. The first-order chi connectivity index (χ1) is 18.4. The van der Waals surface area contributed by atoms with Crippen LogP contribution in [0, 0.1) is 0 Å². The Hall–Kier alpha value is -3.30. The third kappa shape index (κ3) is 5.89. The molecule has 202 valence electrons. The molecule has 2 N–H and O–H groups in total. The summed E-state index contributed by atoms with van der Waals surface area (Å²) < 4.78 is 0. The lowest BCUT2D eigenvalue weighted by molar-refractivity contribution is -0.129. The van der Waals surface area contributed by atoms with Crippen LogP contribution in [-0.4, -0.2) is 92.5 Å². The number of piperidine rings is 2. The van der Waals surface area contributed by atoms with Gasteiger partial charge in [-0.15, -0.1) is 0 Å². The third-order valence-corrected chi connectivity index (χ3v) is 8.03. The van der Waals surface area contributed by atoms with Crippen LogP contribution in [0.5, 0.6) is 0 Å². The molecule has 9 heteroatoms. The molecule has 2 atom stereocenters. The molecule has 0 aliphatic carbocycles. The lowest BCUT2D eigenvalue weighted by atomic mass is 9.94. The molecule has 2 aromatic rings. The Morgan fingerprint density at radius 1 is 1.03 bits per heavy atom. The highest BCUT2D eigenvalue weighted by Gasteiger charge is 2.36. The summed E-state index contributed by atoms with van der Waals surface area (Å²) in [6, 6.07) is 10.4. The topological polar surface area (TPSA) is 102 Å². The number of nitrogens with zero attached hydrogens (tertiary/aromatic N) is 5. The van der Waals surface area contributed by atoms with Crippen LogP contribution in [0.3, 0.4) is 0 Å². The number of benzene rings is 1. The zero-order chi connectivity index (χ0) is 26.6. The number of nitrogens with one attached hydrogen (secondary N) is 1. The molecule has 0 radical (unpaired) electrons. The van der Waals surface area contributed by atoms with Crippen LogP contribution in [0.25, 0.3) is 6.08 Å². The molecule has 0 saturated carbocycles. The van der Waals surface area contributed by atoms with Crippen molar-refractivity contribution in [2.45, 2.75) is 64.3 Å². The Bertz CT molecular complexity index is 1190. The van der Waals surface area contributed by atoms with E-state index in [1.165, 1.54) is 11.1 Å². The molecule has 9 nitrogen and oxygen atoms in total. The summed E-state index contributed by atoms with van der Waals surface area (Å²) in [5, 5.41) is 14.5. The molecule has 2 saturated heterocycles. The van der Waals surface area contributed by atoms with Crippen LogP contribution >= 0.6 is 0 Å². The van der Waals surface area contributed by atoms with Gasteiger partial charge in [0.25, 0.3) is 5.91 Å². The van der Waals surface area contributed by atoms with Crippen LogP contribution in [0.4, 0.5) is 5.82 Å². The van der Waals surface area contributed by atoms with E-state index in [9.17, 15) is 14.7 Å². The summed E-state index contributed by atoms with van der Waals surface area (Å²) >= 11 is 0. The molecule has 2 amide bonds. The Balaban J connectivity index is 1.24. The highest BCUT2D eigenvalue weighted by Crippen LogP contribution is 2.26. The van der Waals surface area contributed by atoms with Crippen molar-refractivity contribution in [3.63, 3.8) is 0 Å². The predicted octanol–water partition coefficient (Wildman–Crippen LogP) is 2.57. The normalized spacial score (nSPS) is 22.9. The number of hydrogen-bond donors (Lipinski definition) is 2. The van der Waals surface area contributed by atoms with Crippen LogP contribution in [-0.2, 0) is 17.8 Å². The van der Waals surface area contributed by atoms with Crippen LogP contribution in [0.15, 0.2) is 36.4 Å². The summed E-state index contributed by atoms with van der Waals surface area (Å²) in [4.78, 5) is 40.2. The van der Waals surface area contributed by atoms with E-state index in [0.29, 0.717) is 37.0 Å². The molecule has 3 aliphatic rings. The monoisotopic (exact) mass is 518 g/mol. The maximum Gasteiger partial charge on any atom is 0.272 e. The zero-order valence-electron chi connectivity index (χ0n) is 22.3. The van der Waals surface area contributed by atoms with Crippen molar-refractivity contribution in [1.82, 2.24) is 24.7 Å². The van der Waals surface area contributed by atoms with E-state index in [1.54, 1.807) is 24.0 Å². The lowest BCUT2D eigenvalue weighted by Crippen LogP contribution is -2.56. The van der Waals surface area contributed by atoms with E-state index in [4.69, 9.17) is 0 Å². The van der Waals surface area contributed by atoms with Gasteiger partial charge in [0.15, 0.2) is 5.82 Å². The van der Waals surface area contributed by atoms with Crippen molar-refractivity contribution >= 4 is 23.7 Å². The van der Waals surface area contributed by atoms with E-state index in [1.807, 2.05) is 17.9 Å². The fraction of sp³-hybridized carbons (Fsp3) is 0.517. The van der Waals surface area contributed by atoms with Crippen LogP contribution in [0.2, 0.25) is 0 Å². The van der Waals surface area contributed by atoms with E-state index < -0.39 is 6.10 Å². The van der Waals surface area contributed by atoms with E-state index in [2.05, 4.69) is 44.5 Å². The Labute approximate surface area is 224 Å². The minimum absolute atomic E-state index is 0.0366. The average Bonchev–Trinajstić information content (AvgIpc) is 2.92. The second kappa shape index (κ2) is 11.6. The first kappa shape index (κ1) is 26.3. The smallest absolute Gasteiger partial charge is 0.272 e. The van der Waals surface area contributed by atoms with Gasteiger partial charge in [-0.2, -0.15) is 0 Å². The van der Waals surface area contributed by atoms with Gasteiger partial charge in [-0.3, -0.25) is 14.5 Å². The molecule has 0 bridgehead atoms. The number of β-amino-alcohol motifs (C(OH)–C–C–N with tert-alkyl or cyclic N) is 1. The van der Waals surface area contributed by atoms with Gasteiger partial charge in [0, 0.05) is 64.3 Å². The van der Waals surface area contributed by atoms with Crippen molar-refractivity contribution < 1.29 is 14.7 Å². The van der Waals surface area contributed by atoms with Gasteiger partial charge in [-0.1, -0.05) is 30.3 Å². The van der Waals surface area contributed by atoms with Crippen molar-refractivity contribution in [2.24, 2.45) is 0 Å². The lowest BCUT2D eigenvalue weighted by Gasteiger charge is -2.43. The number of carbonyl (C=O) groups excluding carboxylic acids is 2. The second-order valence-electron chi connectivity index (χ2n) is 10.6. The highest BCUT2D eigenvalue weighted by molar-refractivity contribution is 5.93.